The number of carboxylic acids is 1. The Morgan fingerprint density at radius 1 is 1.08 bits per heavy atom. The smallest absolute Gasteiger partial charge is 0.355 e. The van der Waals surface area contributed by atoms with Crippen LogP contribution in [0.4, 0.5) is 11.6 Å². The number of nitrogens with one attached hydrogen (secondary N) is 1. The second-order valence-corrected chi connectivity index (χ2v) is 9.41. The Labute approximate surface area is 214 Å². The fourth-order valence-corrected chi connectivity index (χ4v) is 4.30. The van der Waals surface area contributed by atoms with E-state index in [1.165, 1.54) is 4.57 Å². The molecule has 12 heteroatoms. The zero-order valence-corrected chi connectivity index (χ0v) is 21.0. The quantitative estimate of drug-likeness (QED) is 0.325. The van der Waals surface area contributed by atoms with Crippen LogP contribution in [0.1, 0.15) is 34.3 Å². The van der Waals surface area contributed by atoms with Crippen molar-refractivity contribution in [2.24, 2.45) is 0 Å². The Kier molecular flexibility index (Phi) is 7.51. The molecule has 0 saturated carbocycles. The molecular formula is C24H22ClN5O5S. The van der Waals surface area contributed by atoms with Crippen molar-refractivity contribution in [3.8, 4) is 10.9 Å². The Balaban J connectivity index is 1.61. The Morgan fingerprint density at radius 3 is 2.39 bits per heavy atom. The van der Waals surface area contributed by atoms with Gasteiger partial charge in [-0.1, -0.05) is 42.0 Å². The number of hydrogen-bond donors (Lipinski definition) is 2. The topological polar surface area (TPSA) is 128 Å². The highest BCUT2D eigenvalue weighted by Gasteiger charge is 2.16. The molecule has 2 aromatic heterocycles. The molecule has 0 spiro atoms. The number of thiazole rings is 1. The van der Waals surface area contributed by atoms with Gasteiger partial charge >= 0.3 is 17.3 Å². The lowest BCUT2D eigenvalue weighted by Crippen LogP contribution is -2.42. The minimum atomic E-state index is -1.11. The minimum absolute atomic E-state index is 0.0455. The van der Waals surface area contributed by atoms with Gasteiger partial charge in [0.15, 0.2) is 5.69 Å². The number of benzene rings is 2. The summed E-state index contributed by atoms with van der Waals surface area (Å²) in [5.41, 5.74) is 0.230. The van der Waals surface area contributed by atoms with Crippen LogP contribution in [0.25, 0.3) is 0 Å². The molecule has 2 heterocycles. The van der Waals surface area contributed by atoms with Gasteiger partial charge < -0.3 is 15.2 Å². The zero-order chi connectivity index (χ0) is 25.8. The Hall–Kier alpha value is -3.96. The van der Waals surface area contributed by atoms with Gasteiger partial charge in [0, 0.05) is 22.1 Å². The van der Waals surface area contributed by atoms with Crippen LogP contribution in [0.3, 0.4) is 0 Å². The third-order valence-electron chi connectivity index (χ3n) is 5.15. The summed E-state index contributed by atoms with van der Waals surface area (Å²) in [6.07, 6.45) is 0.610. The van der Waals surface area contributed by atoms with Crippen LogP contribution in [-0.4, -0.2) is 30.2 Å². The van der Waals surface area contributed by atoms with E-state index in [4.69, 9.17) is 21.4 Å². The molecule has 0 aliphatic rings. The monoisotopic (exact) mass is 527 g/mol. The van der Waals surface area contributed by atoms with Crippen molar-refractivity contribution in [3.63, 3.8) is 0 Å². The highest BCUT2D eigenvalue weighted by atomic mass is 35.5. The lowest BCUT2D eigenvalue weighted by molar-refractivity contribution is 0.0690. The first-order valence-electron chi connectivity index (χ1n) is 11.0. The van der Waals surface area contributed by atoms with Crippen LogP contribution in [0.2, 0.25) is 5.02 Å². The lowest BCUT2D eigenvalue weighted by atomic mass is 10.2. The number of rotatable bonds is 9. The number of aromatic nitrogens is 4. The van der Waals surface area contributed by atoms with E-state index in [-0.39, 0.29) is 29.9 Å². The van der Waals surface area contributed by atoms with Gasteiger partial charge in [0.1, 0.15) is 5.75 Å². The second kappa shape index (κ2) is 10.8. The van der Waals surface area contributed by atoms with Crippen LogP contribution >= 0.6 is 22.9 Å². The first-order chi connectivity index (χ1) is 17.2. The summed E-state index contributed by atoms with van der Waals surface area (Å²) >= 11 is 7.11. The molecule has 0 radical (unpaired) electrons. The molecule has 0 amide bonds. The van der Waals surface area contributed by atoms with E-state index in [2.05, 4.69) is 15.3 Å². The number of carbonyl (C=O) groups is 1. The van der Waals surface area contributed by atoms with Gasteiger partial charge in [0.05, 0.1) is 6.54 Å². The van der Waals surface area contributed by atoms with Gasteiger partial charge in [-0.05, 0) is 55.3 Å². The molecule has 0 aliphatic heterocycles. The molecule has 0 bridgehead atoms. The van der Waals surface area contributed by atoms with Gasteiger partial charge in [-0.25, -0.2) is 19.0 Å². The van der Waals surface area contributed by atoms with Crippen molar-refractivity contribution in [2.45, 2.75) is 33.4 Å². The molecular weight excluding hydrogens is 506 g/mol. The first kappa shape index (κ1) is 25.1. The van der Waals surface area contributed by atoms with Gasteiger partial charge in [-0.2, -0.15) is 9.97 Å². The Morgan fingerprint density at radius 2 is 1.78 bits per heavy atom. The average molecular weight is 528 g/mol. The van der Waals surface area contributed by atoms with Crippen LogP contribution in [0.5, 0.6) is 10.9 Å². The molecule has 2 aromatic carbocycles. The summed E-state index contributed by atoms with van der Waals surface area (Å²) in [6.45, 7) is 3.98. The van der Waals surface area contributed by atoms with Crippen molar-refractivity contribution in [1.29, 1.82) is 0 Å². The normalized spacial score (nSPS) is 10.9. The Bertz CT molecular complexity index is 1510. The molecule has 10 nitrogen and oxygen atoms in total. The van der Waals surface area contributed by atoms with Crippen molar-refractivity contribution in [3.05, 3.63) is 90.7 Å². The fourth-order valence-electron chi connectivity index (χ4n) is 3.41. The molecule has 0 saturated heterocycles. The molecule has 2 N–H and O–H groups in total. The number of aryl methyl sites for hydroxylation is 1. The first-order valence-corrected chi connectivity index (χ1v) is 12.2. The lowest BCUT2D eigenvalue weighted by Gasteiger charge is -2.15. The van der Waals surface area contributed by atoms with Crippen molar-refractivity contribution in [1.82, 2.24) is 19.1 Å². The number of ether oxygens (including phenoxy) is 1. The number of anilines is 2. The van der Waals surface area contributed by atoms with Crippen molar-refractivity contribution < 1.29 is 14.6 Å². The standard InChI is InChI=1S/C24H22ClN5O5S/c1-3-12-29-22(33)28-21(30(24(29)34)13-15-4-6-16(25)7-5-15)26-17-8-10-18(11-9-17)35-23-27-19(20(31)32)14(2)36-23/h4-11H,3,12-13H2,1-2H3,(H,31,32)(H,26,28,33). The number of halogens is 1. The zero-order valence-electron chi connectivity index (χ0n) is 19.4. The summed E-state index contributed by atoms with van der Waals surface area (Å²) in [4.78, 5) is 45.5. The summed E-state index contributed by atoms with van der Waals surface area (Å²) in [6, 6.07) is 13.7. The molecule has 4 rings (SSSR count). The fraction of sp³-hybridized carbons (Fsp3) is 0.208. The predicted octanol–water partition coefficient (Wildman–Crippen LogP) is 4.52. The third-order valence-corrected chi connectivity index (χ3v) is 6.25. The van der Waals surface area contributed by atoms with E-state index in [1.54, 1.807) is 55.5 Å². The number of aromatic carboxylic acids is 1. The van der Waals surface area contributed by atoms with Crippen LogP contribution in [0.15, 0.2) is 58.1 Å². The van der Waals surface area contributed by atoms with E-state index in [0.29, 0.717) is 27.8 Å². The predicted molar refractivity (Wildman–Crippen MR) is 137 cm³/mol. The van der Waals surface area contributed by atoms with E-state index in [0.717, 1.165) is 21.5 Å². The van der Waals surface area contributed by atoms with Crippen molar-refractivity contribution >= 4 is 40.5 Å². The second-order valence-electron chi connectivity index (χ2n) is 7.81. The van der Waals surface area contributed by atoms with Crippen molar-refractivity contribution in [2.75, 3.05) is 5.32 Å². The molecule has 4 aromatic rings. The number of carboxylic acid groups (broad SMARTS) is 1. The number of nitrogens with zero attached hydrogens (tertiary/aromatic N) is 4. The highest BCUT2D eigenvalue weighted by Crippen LogP contribution is 2.30. The van der Waals surface area contributed by atoms with Crippen LogP contribution < -0.4 is 21.4 Å². The molecule has 0 unspecified atom stereocenters. The summed E-state index contributed by atoms with van der Waals surface area (Å²) in [7, 11) is 0. The maximum absolute atomic E-state index is 13.1. The molecule has 0 aliphatic carbocycles. The van der Waals surface area contributed by atoms with E-state index >= 15 is 0 Å². The molecule has 0 atom stereocenters. The van der Waals surface area contributed by atoms with Crippen LogP contribution in [-0.2, 0) is 13.1 Å². The summed E-state index contributed by atoms with van der Waals surface area (Å²) < 4.78 is 8.18. The molecule has 36 heavy (non-hydrogen) atoms. The minimum Gasteiger partial charge on any atom is -0.476 e. The van der Waals surface area contributed by atoms with E-state index in [9.17, 15) is 14.4 Å². The van der Waals surface area contributed by atoms with Gasteiger partial charge in [-0.3, -0.25) is 4.57 Å². The summed E-state index contributed by atoms with van der Waals surface area (Å²) in [5.74, 6) is -0.574. The average Bonchev–Trinajstić information content (AvgIpc) is 3.22. The maximum atomic E-state index is 13.1. The highest BCUT2D eigenvalue weighted by molar-refractivity contribution is 7.13. The summed E-state index contributed by atoms with van der Waals surface area (Å²) in [5, 5.41) is 13.0. The van der Waals surface area contributed by atoms with E-state index < -0.39 is 17.3 Å². The van der Waals surface area contributed by atoms with E-state index in [1.807, 2.05) is 6.92 Å². The third kappa shape index (κ3) is 5.64. The number of hydrogen-bond acceptors (Lipinski definition) is 8. The largest absolute Gasteiger partial charge is 0.476 e. The SMILES string of the molecule is CCCn1c(=O)nc(Nc2ccc(Oc3nc(C(=O)O)c(C)s3)cc2)n(Cc2ccc(Cl)cc2)c1=O. The molecule has 0 fully saturated rings. The van der Waals surface area contributed by atoms with Gasteiger partial charge in [0.25, 0.3) is 5.19 Å². The van der Waals surface area contributed by atoms with Gasteiger partial charge in [0.2, 0.25) is 5.95 Å². The van der Waals surface area contributed by atoms with Crippen LogP contribution in [0, 0.1) is 6.92 Å². The maximum Gasteiger partial charge on any atom is 0.355 e. The van der Waals surface area contributed by atoms with Gasteiger partial charge in [-0.15, -0.1) is 0 Å². The molecule has 186 valence electrons.